The molecule has 1 unspecified atom stereocenters. The average Bonchev–Trinajstić information content (AvgIpc) is 1.67. The number of hydrogen-bond acceptors (Lipinski definition) is 2. The molecular formula is C4H10NO3+. The molecule has 0 aromatic carbocycles. The van der Waals surface area contributed by atoms with E-state index < -0.39 is 12.0 Å². The number of carboxylic acid groups (broad SMARTS) is 1. The number of ether oxygens (including phenoxy) is 1. The van der Waals surface area contributed by atoms with Crippen molar-refractivity contribution in [3.63, 3.8) is 0 Å². The highest BCUT2D eigenvalue weighted by Crippen LogP contribution is 1.74. The van der Waals surface area contributed by atoms with Gasteiger partial charge in [0.1, 0.15) is 6.61 Å². The Kier molecular flexibility index (Phi) is 3.14. The van der Waals surface area contributed by atoms with Crippen LogP contribution in [0, 0.1) is 0 Å². The highest BCUT2D eigenvalue weighted by Gasteiger charge is 2.13. The van der Waals surface area contributed by atoms with Gasteiger partial charge in [-0.05, 0) is 0 Å². The number of rotatable bonds is 3. The van der Waals surface area contributed by atoms with E-state index in [1.807, 2.05) is 0 Å². The summed E-state index contributed by atoms with van der Waals surface area (Å²) in [6.45, 7) is 0.176. The third-order valence-electron chi connectivity index (χ3n) is 0.717. The monoisotopic (exact) mass is 120 g/mol. The Bertz CT molecular complexity index is 83.4. The van der Waals surface area contributed by atoms with E-state index in [0.29, 0.717) is 0 Å². The van der Waals surface area contributed by atoms with Crippen LogP contribution in [0.4, 0.5) is 0 Å². The van der Waals surface area contributed by atoms with Crippen LogP contribution in [-0.4, -0.2) is 30.8 Å². The third-order valence-corrected chi connectivity index (χ3v) is 0.717. The Morgan fingerprint density at radius 2 is 2.50 bits per heavy atom. The zero-order chi connectivity index (χ0) is 6.57. The number of carboxylic acids is 1. The van der Waals surface area contributed by atoms with Crippen LogP contribution in [0.5, 0.6) is 0 Å². The molecule has 0 aromatic heterocycles. The summed E-state index contributed by atoms with van der Waals surface area (Å²) in [5.41, 5.74) is 3.30. The molecule has 4 N–H and O–H groups in total. The normalized spacial score (nSPS) is 13.2. The van der Waals surface area contributed by atoms with Crippen molar-refractivity contribution in [1.82, 2.24) is 0 Å². The molecule has 0 aliphatic rings. The number of hydrogen-bond donors (Lipinski definition) is 2. The van der Waals surface area contributed by atoms with Gasteiger partial charge in [-0.2, -0.15) is 0 Å². The molecule has 0 aromatic rings. The van der Waals surface area contributed by atoms with Gasteiger partial charge in [0.25, 0.3) is 0 Å². The van der Waals surface area contributed by atoms with Crippen LogP contribution >= 0.6 is 0 Å². The lowest BCUT2D eigenvalue weighted by Crippen LogP contribution is -2.67. The molecule has 0 heterocycles. The van der Waals surface area contributed by atoms with Crippen molar-refractivity contribution in [2.24, 2.45) is 0 Å². The van der Waals surface area contributed by atoms with Gasteiger partial charge >= 0.3 is 5.97 Å². The molecule has 0 saturated heterocycles. The first-order chi connectivity index (χ1) is 3.68. The van der Waals surface area contributed by atoms with E-state index in [0.717, 1.165) is 0 Å². The van der Waals surface area contributed by atoms with Crippen LogP contribution in [0.15, 0.2) is 0 Å². The maximum Gasteiger partial charge on any atom is 0.364 e. The van der Waals surface area contributed by atoms with Crippen molar-refractivity contribution in [1.29, 1.82) is 0 Å². The Morgan fingerprint density at radius 1 is 2.00 bits per heavy atom. The molecule has 0 rings (SSSR count). The summed E-state index contributed by atoms with van der Waals surface area (Å²) in [5.74, 6) is -0.924. The summed E-state index contributed by atoms with van der Waals surface area (Å²) in [6.07, 6.45) is 0. The van der Waals surface area contributed by atoms with Gasteiger partial charge in [0.2, 0.25) is 6.04 Å². The molecule has 0 fully saturated rings. The van der Waals surface area contributed by atoms with Gasteiger partial charge in [-0.3, -0.25) is 0 Å². The predicted molar refractivity (Wildman–Crippen MR) is 26.2 cm³/mol. The summed E-state index contributed by atoms with van der Waals surface area (Å²) >= 11 is 0. The molecule has 1 atom stereocenters. The molecule has 0 saturated carbocycles. The lowest BCUT2D eigenvalue weighted by molar-refractivity contribution is -0.413. The molecule has 4 nitrogen and oxygen atoms in total. The fourth-order valence-electron chi connectivity index (χ4n) is 0.272. The van der Waals surface area contributed by atoms with Crippen LogP contribution in [0.2, 0.25) is 0 Å². The van der Waals surface area contributed by atoms with Gasteiger partial charge in [0.05, 0.1) is 0 Å². The molecule has 8 heavy (non-hydrogen) atoms. The third kappa shape index (κ3) is 2.54. The minimum atomic E-state index is -0.924. The van der Waals surface area contributed by atoms with Gasteiger partial charge in [-0.25, -0.2) is 4.79 Å². The van der Waals surface area contributed by atoms with Crippen molar-refractivity contribution in [3.8, 4) is 0 Å². The smallest absolute Gasteiger partial charge is 0.364 e. The molecule has 4 heteroatoms. The van der Waals surface area contributed by atoms with Gasteiger partial charge in [-0.15, -0.1) is 0 Å². The lowest BCUT2D eigenvalue weighted by atomic mass is 10.3. The van der Waals surface area contributed by atoms with Gasteiger partial charge in [0.15, 0.2) is 0 Å². The fourth-order valence-corrected chi connectivity index (χ4v) is 0.272. The number of methoxy groups -OCH3 is 1. The average molecular weight is 120 g/mol. The number of carbonyl (C=O) groups is 1. The fraction of sp³-hybridized carbons (Fsp3) is 0.750. The molecule has 0 amide bonds. The van der Waals surface area contributed by atoms with Crippen LogP contribution in [-0.2, 0) is 9.53 Å². The van der Waals surface area contributed by atoms with Crippen LogP contribution in [0.3, 0.4) is 0 Å². The first-order valence-electron chi connectivity index (χ1n) is 2.23. The summed E-state index contributed by atoms with van der Waals surface area (Å²) < 4.78 is 4.52. The topological polar surface area (TPSA) is 74.2 Å². The summed E-state index contributed by atoms with van der Waals surface area (Å²) in [7, 11) is 1.45. The van der Waals surface area contributed by atoms with E-state index in [2.05, 4.69) is 10.5 Å². The molecule has 0 radical (unpaired) electrons. The van der Waals surface area contributed by atoms with Gasteiger partial charge < -0.3 is 15.6 Å². The second-order valence-electron chi connectivity index (χ2n) is 1.49. The van der Waals surface area contributed by atoms with Crippen molar-refractivity contribution >= 4 is 5.97 Å². The minimum Gasteiger partial charge on any atom is -0.477 e. The van der Waals surface area contributed by atoms with E-state index >= 15 is 0 Å². The molecule has 0 bridgehead atoms. The SMILES string of the molecule is COCC([NH3+])C(=O)O. The Balaban J connectivity index is 3.32. The first-order valence-corrected chi connectivity index (χ1v) is 2.23. The number of quaternary nitrogens is 1. The van der Waals surface area contributed by atoms with Crippen molar-refractivity contribution in [2.45, 2.75) is 6.04 Å². The largest absolute Gasteiger partial charge is 0.477 e. The Hall–Kier alpha value is -0.610. The highest BCUT2D eigenvalue weighted by molar-refractivity contribution is 5.71. The van der Waals surface area contributed by atoms with E-state index in [4.69, 9.17) is 5.11 Å². The van der Waals surface area contributed by atoms with E-state index in [9.17, 15) is 4.79 Å². The molecular weight excluding hydrogens is 110 g/mol. The molecule has 0 aliphatic carbocycles. The number of aliphatic carboxylic acids is 1. The van der Waals surface area contributed by atoms with Crippen LogP contribution < -0.4 is 5.73 Å². The standard InChI is InChI=1S/C4H9NO3/c1-8-2-3(5)4(6)7/h3H,2,5H2,1H3,(H,6,7)/p+1. The van der Waals surface area contributed by atoms with Gasteiger partial charge in [-0.1, -0.05) is 0 Å². The summed E-state index contributed by atoms with van der Waals surface area (Å²) in [5, 5.41) is 8.17. The predicted octanol–water partition coefficient (Wildman–Crippen LogP) is -1.67. The van der Waals surface area contributed by atoms with Crippen LogP contribution in [0.25, 0.3) is 0 Å². The Morgan fingerprint density at radius 3 is 2.62 bits per heavy atom. The van der Waals surface area contributed by atoms with E-state index in [-0.39, 0.29) is 6.61 Å². The molecule has 48 valence electrons. The highest BCUT2D eigenvalue weighted by atomic mass is 16.5. The lowest BCUT2D eigenvalue weighted by Gasteiger charge is -1.98. The quantitative estimate of drug-likeness (QED) is 0.467. The van der Waals surface area contributed by atoms with Gasteiger partial charge in [0, 0.05) is 7.11 Å². The minimum absolute atomic E-state index is 0.176. The molecule has 0 aliphatic heterocycles. The maximum atomic E-state index is 9.95. The second-order valence-corrected chi connectivity index (χ2v) is 1.49. The zero-order valence-electron chi connectivity index (χ0n) is 4.76. The van der Waals surface area contributed by atoms with Crippen molar-refractivity contribution in [2.75, 3.05) is 13.7 Å². The summed E-state index contributed by atoms with van der Waals surface area (Å²) in [6, 6.07) is -0.639. The first kappa shape index (κ1) is 7.39. The van der Waals surface area contributed by atoms with E-state index in [1.165, 1.54) is 7.11 Å². The van der Waals surface area contributed by atoms with E-state index in [1.54, 1.807) is 0 Å². The zero-order valence-corrected chi connectivity index (χ0v) is 4.76. The van der Waals surface area contributed by atoms with Crippen molar-refractivity contribution < 1.29 is 20.4 Å². The van der Waals surface area contributed by atoms with Crippen LogP contribution in [0.1, 0.15) is 0 Å². The Labute approximate surface area is 47.2 Å². The summed E-state index contributed by atoms with van der Waals surface area (Å²) in [4.78, 5) is 9.95. The maximum absolute atomic E-state index is 9.95. The van der Waals surface area contributed by atoms with Crippen molar-refractivity contribution in [3.05, 3.63) is 0 Å². The molecule has 0 spiro atoms. The second kappa shape index (κ2) is 3.40.